The lowest BCUT2D eigenvalue weighted by atomic mass is 9.88. The molecule has 7 heteroatoms. The third-order valence-corrected chi connectivity index (χ3v) is 6.01. The molecule has 2 aromatic rings. The number of H-pyrrole nitrogens is 1. The highest BCUT2D eigenvalue weighted by molar-refractivity contribution is 5.85. The van der Waals surface area contributed by atoms with E-state index < -0.39 is 0 Å². The number of amides is 1. The Hall–Kier alpha value is -1.30. The molecule has 2 atom stereocenters. The van der Waals surface area contributed by atoms with E-state index in [1.807, 2.05) is 12.3 Å². The largest absolute Gasteiger partial charge is 0.346 e. The highest BCUT2D eigenvalue weighted by Gasteiger charge is 2.36. The zero-order valence-corrected chi connectivity index (χ0v) is 16.5. The predicted octanol–water partition coefficient (Wildman–Crippen LogP) is 3.49. The van der Waals surface area contributed by atoms with E-state index >= 15 is 0 Å². The van der Waals surface area contributed by atoms with E-state index in [9.17, 15) is 4.79 Å². The maximum atomic E-state index is 12.8. The quantitative estimate of drug-likeness (QED) is 0.830. The van der Waals surface area contributed by atoms with Crippen LogP contribution in [0.15, 0.2) is 24.5 Å². The van der Waals surface area contributed by atoms with Crippen LogP contribution in [0, 0.1) is 11.8 Å². The fourth-order valence-corrected chi connectivity index (χ4v) is 4.60. The smallest absolute Gasteiger partial charge is 0.226 e. The molecule has 0 unspecified atom stereocenters. The minimum atomic E-state index is 0. The number of aromatic amines is 1. The van der Waals surface area contributed by atoms with E-state index in [-0.39, 0.29) is 30.7 Å². The molecule has 0 aromatic carbocycles. The lowest BCUT2D eigenvalue weighted by molar-refractivity contribution is -0.137. The van der Waals surface area contributed by atoms with Crippen LogP contribution in [0.4, 0.5) is 0 Å². The number of nitrogens with zero attached hydrogens (tertiary/aromatic N) is 2. The van der Waals surface area contributed by atoms with Gasteiger partial charge in [-0.15, -0.1) is 24.8 Å². The second kappa shape index (κ2) is 9.07. The highest BCUT2D eigenvalue weighted by atomic mass is 35.5. The summed E-state index contributed by atoms with van der Waals surface area (Å²) in [6.45, 7) is 2.38. The van der Waals surface area contributed by atoms with Crippen LogP contribution in [0.1, 0.15) is 43.6 Å². The van der Waals surface area contributed by atoms with Crippen molar-refractivity contribution in [2.24, 2.45) is 17.6 Å². The van der Waals surface area contributed by atoms with Crippen molar-refractivity contribution in [1.29, 1.82) is 0 Å². The second-order valence-electron chi connectivity index (χ2n) is 7.28. The number of fused-ring (bicyclic) bond motifs is 1. The summed E-state index contributed by atoms with van der Waals surface area (Å²) in [5, 5.41) is 1.22. The van der Waals surface area contributed by atoms with Crippen molar-refractivity contribution >= 4 is 41.8 Å². The third-order valence-electron chi connectivity index (χ3n) is 6.01. The number of hydrogen-bond donors (Lipinski definition) is 2. The molecule has 1 aliphatic carbocycles. The first-order chi connectivity index (χ1) is 11.8. The van der Waals surface area contributed by atoms with Crippen molar-refractivity contribution in [2.45, 2.75) is 38.0 Å². The third kappa shape index (κ3) is 3.85. The Balaban J connectivity index is 0.00000121. The van der Waals surface area contributed by atoms with E-state index in [2.05, 4.69) is 27.1 Å². The fourth-order valence-electron chi connectivity index (χ4n) is 4.60. The van der Waals surface area contributed by atoms with Gasteiger partial charge < -0.3 is 15.6 Å². The van der Waals surface area contributed by atoms with E-state index in [0.29, 0.717) is 24.3 Å². The maximum absolute atomic E-state index is 12.8. The molecule has 1 aliphatic heterocycles. The Morgan fingerprint density at radius 1 is 1.23 bits per heavy atom. The summed E-state index contributed by atoms with van der Waals surface area (Å²) in [5.74, 6) is 1.43. The van der Waals surface area contributed by atoms with Gasteiger partial charge in [0, 0.05) is 36.8 Å². The van der Waals surface area contributed by atoms with Crippen molar-refractivity contribution in [1.82, 2.24) is 14.9 Å². The molecule has 144 valence electrons. The summed E-state index contributed by atoms with van der Waals surface area (Å²) in [6, 6.07) is 4.13. The number of rotatable bonds is 3. The first-order valence-electron chi connectivity index (χ1n) is 9.18. The summed E-state index contributed by atoms with van der Waals surface area (Å²) in [7, 11) is 0. The van der Waals surface area contributed by atoms with Gasteiger partial charge in [-0.05, 0) is 61.8 Å². The number of halogens is 2. The maximum Gasteiger partial charge on any atom is 0.226 e. The molecule has 26 heavy (non-hydrogen) atoms. The molecule has 3 heterocycles. The van der Waals surface area contributed by atoms with Crippen LogP contribution >= 0.6 is 24.8 Å². The van der Waals surface area contributed by atoms with Gasteiger partial charge in [-0.25, -0.2) is 4.98 Å². The Kier molecular flexibility index (Phi) is 7.33. The topological polar surface area (TPSA) is 75.0 Å². The number of nitrogens with one attached hydrogen (secondary N) is 1. The highest BCUT2D eigenvalue weighted by Crippen LogP contribution is 2.36. The lowest BCUT2D eigenvalue weighted by Crippen LogP contribution is -2.43. The molecule has 5 nitrogen and oxygen atoms in total. The van der Waals surface area contributed by atoms with Crippen molar-refractivity contribution in [3.63, 3.8) is 0 Å². The van der Waals surface area contributed by atoms with Crippen LogP contribution in [-0.4, -0.2) is 40.4 Å². The van der Waals surface area contributed by atoms with Gasteiger partial charge in [0.15, 0.2) is 0 Å². The lowest BCUT2D eigenvalue weighted by Gasteiger charge is -2.34. The zero-order valence-electron chi connectivity index (χ0n) is 14.9. The van der Waals surface area contributed by atoms with E-state index in [1.54, 1.807) is 0 Å². The van der Waals surface area contributed by atoms with Gasteiger partial charge in [-0.1, -0.05) is 6.42 Å². The van der Waals surface area contributed by atoms with Gasteiger partial charge in [0.05, 0.1) is 0 Å². The Morgan fingerprint density at radius 3 is 2.73 bits per heavy atom. The summed E-state index contributed by atoms with van der Waals surface area (Å²) >= 11 is 0. The average molecular weight is 399 g/mol. The molecule has 1 amide bonds. The van der Waals surface area contributed by atoms with Crippen LogP contribution in [0.2, 0.25) is 0 Å². The van der Waals surface area contributed by atoms with Crippen LogP contribution < -0.4 is 5.73 Å². The van der Waals surface area contributed by atoms with Crippen molar-refractivity contribution in [3.05, 3.63) is 30.1 Å². The molecule has 2 fully saturated rings. The fraction of sp³-hybridized carbons (Fsp3) is 0.579. The number of likely N-dealkylation sites (tertiary alicyclic amines) is 1. The number of carbonyl (C=O) groups is 1. The number of carbonyl (C=O) groups excluding carboxylic acids is 1. The minimum absolute atomic E-state index is 0. The van der Waals surface area contributed by atoms with E-state index in [1.165, 1.54) is 10.9 Å². The molecular weight excluding hydrogens is 371 g/mol. The summed E-state index contributed by atoms with van der Waals surface area (Å²) in [5.41, 5.74) is 8.16. The van der Waals surface area contributed by atoms with Crippen molar-refractivity contribution in [3.8, 4) is 0 Å². The molecular formula is C19H28Cl2N4O. The molecule has 0 radical (unpaired) electrons. The number of nitrogens with two attached hydrogens (primary N) is 1. The second-order valence-corrected chi connectivity index (χ2v) is 7.28. The molecule has 0 bridgehead atoms. The van der Waals surface area contributed by atoms with Gasteiger partial charge in [-0.3, -0.25) is 4.79 Å². The molecule has 2 aromatic heterocycles. The van der Waals surface area contributed by atoms with Crippen molar-refractivity contribution < 1.29 is 4.79 Å². The number of aromatic nitrogens is 2. The van der Waals surface area contributed by atoms with E-state index in [4.69, 9.17) is 5.73 Å². The van der Waals surface area contributed by atoms with Crippen LogP contribution in [0.5, 0.6) is 0 Å². The molecule has 3 N–H and O–H groups in total. The van der Waals surface area contributed by atoms with Gasteiger partial charge in [-0.2, -0.15) is 0 Å². The first-order valence-corrected chi connectivity index (χ1v) is 9.18. The summed E-state index contributed by atoms with van der Waals surface area (Å²) < 4.78 is 0. The zero-order chi connectivity index (χ0) is 16.5. The number of hydrogen-bond acceptors (Lipinski definition) is 3. The minimum Gasteiger partial charge on any atom is -0.346 e. The van der Waals surface area contributed by atoms with Gasteiger partial charge in [0.25, 0.3) is 0 Å². The molecule has 4 rings (SSSR count). The SMILES string of the molecule is Cl.Cl.NC[C@H]1CCC[C@H]1C(=O)N1CCC(c2c[nH]c3ncccc23)CC1. The first kappa shape index (κ1) is 21.0. The van der Waals surface area contributed by atoms with Crippen LogP contribution in [0.3, 0.4) is 0 Å². The molecule has 1 saturated carbocycles. The van der Waals surface area contributed by atoms with Gasteiger partial charge >= 0.3 is 0 Å². The standard InChI is InChI=1S/C19H26N4O.2ClH/c20-11-14-3-1-4-15(14)19(24)23-9-6-13(7-10-23)17-12-22-18-16(17)5-2-8-21-18;;/h2,5,8,12-15H,1,3-4,6-7,9-11,20H2,(H,21,22);2*1H/t14-,15-;;/m1../s1. The molecule has 1 saturated heterocycles. The van der Waals surface area contributed by atoms with Crippen LogP contribution in [0.25, 0.3) is 11.0 Å². The van der Waals surface area contributed by atoms with Crippen molar-refractivity contribution in [2.75, 3.05) is 19.6 Å². The average Bonchev–Trinajstić information content (AvgIpc) is 3.28. The Morgan fingerprint density at radius 2 is 2.00 bits per heavy atom. The molecule has 0 spiro atoms. The van der Waals surface area contributed by atoms with Gasteiger partial charge in [0.2, 0.25) is 5.91 Å². The van der Waals surface area contributed by atoms with Gasteiger partial charge in [0.1, 0.15) is 5.65 Å². The monoisotopic (exact) mass is 398 g/mol. The number of piperidine rings is 1. The Labute approximate surface area is 166 Å². The molecule has 2 aliphatic rings. The predicted molar refractivity (Wildman–Crippen MR) is 109 cm³/mol. The number of pyridine rings is 1. The van der Waals surface area contributed by atoms with Crippen LogP contribution in [-0.2, 0) is 4.79 Å². The van der Waals surface area contributed by atoms with E-state index in [0.717, 1.165) is 50.8 Å². The normalized spacial score (nSPS) is 23.5. The summed E-state index contributed by atoms with van der Waals surface area (Å²) in [4.78, 5) is 22.6. The summed E-state index contributed by atoms with van der Waals surface area (Å²) in [6.07, 6.45) is 9.28. The Bertz CT molecular complexity index is 727.